The molecule has 0 bridgehead atoms. The van der Waals surface area contributed by atoms with Gasteiger partial charge in [0.2, 0.25) is 5.91 Å². The first kappa shape index (κ1) is 15.8. The molecule has 1 aromatic carbocycles. The Bertz CT molecular complexity index is 441. The quantitative estimate of drug-likeness (QED) is 0.723. The van der Waals surface area contributed by atoms with E-state index in [-0.39, 0.29) is 5.91 Å². The van der Waals surface area contributed by atoms with E-state index in [1.165, 1.54) is 12.8 Å². The maximum absolute atomic E-state index is 12.1. The average Bonchev–Trinajstić information content (AvgIpc) is 3.02. The summed E-state index contributed by atoms with van der Waals surface area (Å²) in [6.07, 6.45) is 7.27. The molecule has 1 saturated heterocycles. The second kappa shape index (κ2) is 8.67. The minimum Gasteiger partial charge on any atom is -0.370 e. The van der Waals surface area contributed by atoms with Gasteiger partial charge in [-0.3, -0.25) is 4.79 Å². The molecule has 0 atom stereocenters. The monoisotopic (exact) mass is 289 g/mol. The maximum atomic E-state index is 12.1. The summed E-state index contributed by atoms with van der Waals surface area (Å²) in [5.41, 5.74) is 7.57. The van der Waals surface area contributed by atoms with Gasteiger partial charge < -0.3 is 16.0 Å². The molecule has 1 amide bonds. The van der Waals surface area contributed by atoms with E-state index in [0.717, 1.165) is 56.7 Å². The maximum Gasteiger partial charge on any atom is 0.224 e. The highest BCUT2D eigenvalue weighted by Gasteiger charge is 2.16. The molecule has 0 aliphatic carbocycles. The average molecular weight is 289 g/mol. The summed E-state index contributed by atoms with van der Waals surface area (Å²) in [4.78, 5) is 14.4. The summed E-state index contributed by atoms with van der Waals surface area (Å²) in [5.74, 6) is 0.120. The van der Waals surface area contributed by atoms with Gasteiger partial charge in [-0.05, 0) is 44.4 Å². The van der Waals surface area contributed by atoms with Gasteiger partial charge >= 0.3 is 0 Å². The summed E-state index contributed by atoms with van der Waals surface area (Å²) >= 11 is 0. The second-order valence-electron chi connectivity index (χ2n) is 5.71. The highest BCUT2D eigenvalue weighted by molar-refractivity contribution is 5.94. The molecule has 3 N–H and O–H groups in total. The van der Waals surface area contributed by atoms with Crippen molar-refractivity contribution < 1.29 is 4.79 Å². The summed E-state index contributed by atoms with van der Waals surface area (Å²) < 4.78 is 0. The normalized spacial score (nSPS) is 14.4. The lowest BCUT2D eigenvalue weighted by molar-refractivity contribution is -0.116. The predicted octanol–water partition coefficient (Wildman–Crippen LogP) is 3.13. The van der Waals surface area contributed by atoms with Crippen molar-refractivity contribution in [2.75, 3.05) is 29.9 Å². The smallest absolute Gasteiger partial charge is 0.224 e. The molecule has 0 saturated carbocycles. The van der Waals surface area contributed by atoms with E-state index in [1.54, 1.807) is 0 Å². The first-order chi connectivity index (χ1) is 10.3. The van der Waals surface area contributed by atoms with Crippen molar-refractivity contribution in [1.82, 2.24) is 0 Å². The van der Waals surface area contributed by atoms with Crippen LogP contribution in [0.3, 0.4) is 0 Å². The zero-order valence-electron chi connectivity index (χ0n) is 12.8. The molecule has 1 aliphatic rings. The molecule has 1 aliphatic heterocycles. The van der Waals surface area contributed by atoms with Crippen LogP contribution in [0.5, 0.6) is 0 Å². The molecule has 1 fully saturated rings. The molecule has 1 aromatic rings. The number of para-hydroxylation sites is 2. The minimum absolute atomic E-state index is 0.120. The third kappa shape index (κ3) is 5.05. The number of carbonyl (C=O) groups is 1. The van der Waals surface area contributed by atoms with Gasteiger partial charge in [0.05, 0.1) is 11.4 Å². The summed E-state index contributed by atoms with van der Waals surface area (Å²) in [5, 5.41) is 3.07. The van der Waals surface area contributed by atoms with Crippen LogP contribution in [0.4, 0.5) is 11.4 Å². The molecular formula is C17H27N3O. The topological polar surface area (TPSA) is 58.4 Å². The number of benzene rings is 1. The van der Waals surface area contributed by atoms with Crippen LogP contribution in [-0.2, 0) is 4.79 Å². The lowest BCUT2D eigenvalue weighted by Crippen LogP contribution is -2.21. The van der Waals surface area contributed by atoms with Crippen molar-refractivity contribution in [3.8, 4) is 0 Å². The lowest BCUT2D eigenvalue weighted by Gasteiger charge is -2.21. The number of hydrogen-bond acceptors (Lipinski definition) is 3. The number of rotatable bonds is 8. The van der Waals surface area contributed by atoms with Gasteiger partial charge in [0, 0.05) is 19.5 Å². The Morgan fingerprint density at radius 2 is 1.81 bits per heavy atom. The Morgan fingerprint density at radius 3 is 2.57 bits per heavy atom. The van der Waals surface area contributed by atoms with Crippen LogP contribution in [0.1, 0.15) is 44.9 Å². The van der Waals surface area contributed by atoms with E-state index in [4.69, 9.17) is 5.73 Å². The van der Waals surface area contributed by atoms with E-state index in [1.807, 2.05) is 18.2 Å². The molecule has 21 heavy (non-hydrogen) atoms. The van der Waals surface area contributed by atoms with Crippen LogP contribution in [-0.4, -0.2) is 25.5 Å². The minimum atomic E-state index is 0.120. The highest BCUT2D eigenvalue weighted by atomic mass is 16.1. The molecule has 4 heteroatoms. The van der Waals surface area contributed by atoms with Crippen LogP contribution < -0.4 is 16.0 Å². The van der Waals surface area contributed by atoms with Gasteiger partial charge in [0.1, 0.15) is 0 Å². The fourth-order valence-corrected chi connectivity index (χ4v) is 2.81. The van der Waals surface area contributed by atoms with E-state index in [0.29, 0.717) is 6.42 Å². The van der Waals surface area contributed by atoms with Gasteiger partial charge in [-0.15, -0.1) is 0 Å². The molecule has 116 valence electrons. The molecule has 0 radical (unpaired) electrons. The number of anilines is 2. The number of hydrogen-bond donors (Lipinski definition) is 2. The highest BCUT2D eigenvalue weighted by Crippen LogP contribution is 2.28. The third-order valence-electron chi connectivity index (χ3n) is 3.98. The molecule has 2 rings (SSSR count). The standard InChI is InChI=1S/C17H27N3O/c18-12-6-2-1-3-11-17(21)19-15-9-4-5-10-16(15)20-13-7-8-14-20/h4-5,9-10H,1-3,6-8,11-14,18H2,(H,19,21). The Labute approximate surface area is 127 Å². The Balaban J connectivity index is 1.83. The van der Waals surface area contributed by atoms with E-state index in [9.17, 15) is 4.79 Å². The molecule has 0 spiro atoms. The first-order valence-corrected chi connectivity index (χ1v) is 8.15. The predicted molar refractivity (Wildman–Crippen MR) is 88.7 cm³/mol. The van der Waals surface area contributed by atoms with Gasteiger partial charge in [-0.1, -0.05) is 25.0 Å². The fourth-order valence-electron chi connectivity index (χ4n) is 2.81. The Morgan fingerprint density at radius 1 is 1.10 bits per heavy atom. The van der Waals surface area contributed by atoms with Crippen LogP contribution >= 0.6 is 0 Å². The number of nitrogens with zero attached hydrogens (tertiary/aromatic N) is 1. The number of carbonyl (C=O) groups excluding carboxylic acids is 1. The molecule has 1 heterocycles. The number of nitrogens with two attached hydrogens (primary N) is 1. The van der Waals surface area contributed by atoms with Crippen molar-refractivity contribution in [3.63, 3.8) is 0 Å². The van der Waals surface area contributed by atoms with E-state index < -0.39 is 0 Å². The van der Waals surface area contributed by atoms with Gasteiger partial charge in [-0.2, -0.15) is 0 Å². The van der Waals surface area contributed by atoms with Crippen molar-refractivity contribution in [3.05, 3.63) is 24.3 Å². The van der Waals surface area contributed by atoms with Crippen molar-refractivity contribution in [2.24, 2.45) is 5.73 Å². The van der Waals surface area contributed by atoms with Crippen LogP contribution in [0.2, 0.25) is 0 Å². The SMILES string of the molecule is NCCCCCCC(=O)Nc1ccccc1N1CCCC1. The van der Waals surface area contributed by atoms with E-state index >= 15 is 0 Å². The number of nitrogens with one attached hydrogen (secondary N) is 1. The fraction of sp³-hybridized carbons (Fsp3) is 0.588. The van der Waals surface area contributed by atoms with Crippen LogP contribution in [0.25, 0.3) is 0 Å². The molecule has 4 nitrogen and oxygen atoms in total. The second-order valence-corrected chi connectivity index (χ2v) is 5.71. The molecule has 0 aromatic heterocycles. The van der Waals surface area contributed by atoms with Crippen molar-refractivity contribution in [2.45, 2.75) is 44.9 Å². The molecule has 0 unspecified atom stereocenters. The lowest BCUT2D eigenvalue weighted by atomic mass is 10.1. The zero-order valence-corrected chi connectivity index (χ0v) is 12.8. The Kier molecular flexibility index (Phi) is 6.54. The van der Waals surface area contributed by atoms with Crippen LogP contribution in [0.15, 0.2) is 24.3 Å². The zero-order chi connectivity index (χ0) is 14.9. The third-order valence-corrected chi connectivity index (χ3v) is 3.98. The van der Waals surface area contributed by atoms with Crippen molar-refractivity contribution >= 4 is 17.3 Å². The van der Waals surface area contributed by atoms with Gasteiger partial charge in [0.25, 0.3) is 0 Å². The van der Waals surface area contributed by atoms with Crippen molar-refractivity contribution in [1.29, 1.82) is 0 Å². The molecular weight excluding hydrogens is 262 g/mol. The largest absolute Gasteiger partial charge is 0.370 e. The first-order valence-electron chi connectivity index (χ1n) is 8.15. The number of unbranched alkanes of at least 4 members (excludes halogenated alkanes) is 3. The summed E-state index contributed by atoms with van der Waals surface area (Å²) in [7, 11) is 0. The number of amides is 1. The summed E-state index contributed by atoms with van der Waals surface area (Å²) in [6.45, 7) is 2.92. The van der Waals surface area contributed by atoms with Gasteiger partial charge in [0.15, 0.2) is 0 Å². The summed E-state index contributed by atoms with van der Waals surface area (Å²) in [6, 6.07) is 8.12. The van der Waals surface area contributed by atoms with Crippen LogP contribution in [0, 0.1) is 0 Å². The Hall–Kier alpha value is -1.55. The van der Waals surface area contributed by atoms with E-state index in [2.05, 4.69) is 16.3 Å². The van der Waals surface area contributed by atoms with Gasteiger partial charge in [-0.25, -0.2) is 0 Å².